The van der Waals surface area contributed by atoms with E-state index in [9.17, 15) is 21.6 Å². The summed E-state index contributed by atoms with van der Waals surface area (Å²) in [4.78, 5) is -0.148. The summed E-state index contributed by atoms with van der Waals surface area (Å²) in [5, 5.41) is 0. The van der Waals surface area contributed by atoms with Crippen molar-refractivity contribution < 1.29 is 21.6 Å². The molecule has 0 N–H and O–H groups in total. The van der Waals surface area contributed by atoms with E-state index in [0.717, 1.165) is 24.3 Å². The van der Waals surface area contributed by atoms with Crippen molar-refractivity contribution >= 4 is 9.84 Å². The van der Waals surface area contributed by atoms with Gasteiger partial charge in [0.2, 0.25) is 0 Å². The van der Waals surface area contributed by atoms with Crippen molar-refractivity contribution in [1.29, 1.82) is 0 Å². The van der Waals surface area contributed by atoms with E-state index in [1.807, 2.05) is 0 Å². The van der Waals surface area contributed by atoms with Gasteiger partial charge in [-0.3, -0.25) is 0 Å². The minimum Gasteiger partial charge on any atom is -0.224 e. The molecule has 1 radical (unpaired) electrons. The van der Waals surface area contributed by atoms with Crippen molar-refractivity contribution in [3.63, 3.8) is 0 Å². The van der Waals surface area contributed by atoms with E-state index in [4.69, 9.17) is 0 Å². The first kappa shape index (κ1) is 12.0. The Morgan fingerprint density at radius 2 is 1.60 bits per heavy atom. The molecule has 0 bridgehead atoms. The maximum Gasteiger partial charge on any atom is 0.416 e. The van der Waals surface area contributed by atoms with Crippen LogP contribution in [0.25, 0.3) is 0 Å². The largest absolute Gasteiger partial charge is 0.416 e. The van der Waals surface area contributed by atoms with Gasteiger partial charge in [0, 0.05) is 0 Å². The molecule has 6 heteroatoms. The van der Waals surface area contributed by atoms with Crippen LogP contribution in [0.5, 0.6) is 0 Å². The fourth-order valence-electron chi connectivity index (χ4n) is 0.969. The second-order valence-electron chi connectivity index (χ2n) is 2.84. The zero-order chi connectivity index (χ0) is 11.7. The van der Waals surface area contributed by atoms with Crippen molar-refractivity contribution in [3.8, 4) is 0 Å². The van der Waals surface area contributed by atoms with E-state index in [-0.39, 0.29) is 10.6 Å². The first-order valence-corrected chi connectivity index (χ1v) is 5.62. The lowest BCUT2D eigenvalue weighted by atomic mass is 10.2. The van der Waals surface area contributed by atoms with Gasteiger partial charge >= 0.3 is 6.18 Å². The highest BCUT2D eigenvalue weighted by atomic mass is 32.2. The van der Waals surface area contributed by atoms with Gasteiger partial charge in [-0.25, -0.2) is 8.42 Å². The molecule has 0 atom stereocenters. The van der Waals surface area contributed by atoms with E-state index in [2.05, 4.69) is 6.92 Å². The molecule has 0 unspecified atom stereocenters. The topological polar surface area (TPSA) is 34.1 Å². The molecule has 0 aliphatic carbocycles. The number of hydrogen-bond acceptors (Lipinski definition) is 2. The zero-order valence-electron chi connectivity index (χ0n) is 7.58. The van der Waals surface area contributed by atoms with Crippen LogP contribution in [0.4, 0.5) is 13.2 Å². The molecule has 0 fully saturated rings. The van der Waals surface area contributed by atoms with Crippen LogP contribution in [0.15, 0.2) is 29.2 Å². The fourth-order valence-corrected chi connectivity index (χ4v) is 1.76. The summed E-state index contributed by atoms with van der Waals surface area (Å²) in [5.74, 6) is -0.377. The number of alkyl halides is 3. The summed E-state index contributed by atoms with van der Waals surface area (Å²) in [5.41, 5.74) is -0.870. The summed E-state index contributed by atoms with van der Waals surface area (Å²) in [7, 11) is -3.54. The molecule has 0 spiro atoms. The third kappa shape index (κ3) is 2.71. The number of halogens is 3. The molecule has 0 aliphatic heterocycles. The van der Waals surface area contributed by atoms with Crippen LogP contribution in [0, 0.1) is 6.92 Å². The van der Waals surface area contributed by atoms with E-state index < -0.39 is 21.6 Å². The Hall–Kier alpha value is -1.04. The highest BCUT2D eigenvalue weighted by Gasteiger charge is 2.30. The van der Waals surface area contributed by atoms with Crippen LogP contribution in [0.1, 0.15) is 5.56 Å². The molecule has 0 aliphatic rings. The van der Waals surface area contributed by atoms with Crippen LogP contribution >= 0.6 is 0 Å². The van der Waals surface area contributed by atoms with Gasteiger partial charge in [-0.15, -0.1) is 0 Å². The molecular formula is C9H8F3O2S. The lowest BCUT2D eigenvalue weighted by Crippen LogP contribution is -2.07. The molecule has 1 aromatic carbocycles. The Morgan fingerprint density at radius 3 is 1.93 bits per heavy atom. The van der Waals surface area contributed by atoms with Gasteiger partial charge in [0.1, 0.15) is 0 Å². The molecule has 0 saturated heterocycles. The zero-order valence-corrected chi connectivity index (χ0v) is 8.40. The molecule has 0 heterocycles. The Kier molecular flexibility index (Phi) is 3.08. The average molecular weight is 237 g/mol. The summed E-state index contributed by atoms with van der Waals surface area (Å²) >= 11 is 0. The van der Waals surface area contributed by atoms with E-state index in [1.54, 1.807) is 0 Å². The van der Waals surface area contributed by atoms with Gasteiger partial charge in [0.05, 0.1) is 16.2 Å². The number of sulfone groups is 1. The van der Waals surface area contributed by atoms with Gasteiger partial charge in [-0.1, -0.05) is 0 Å². The second-order valence-corrected chi connectivity index (χ2v) is 4.95. The first-order chi connectivity index (χ1) is 6.77. The van der Waals surface area contributed by atoms with Crippen molar-refractivity contribution in [1.82, 2.24) is 0 Å². The van der Waals surface area contributed by atoms with Crippen LogP contribution in [0.2, 0.25) is 0 Å². The van der Waals surface area contributed by atoms with E-state index >= 15 is 0 Å². The molecular weight excluding hydrogens is 229 g/mol. The van der Waals surface area contributed by atoms with Gasteiger partial charge in [0.25, 0.3) is 0 Å². The van der Waals surface area contributed by atoms with Crippen molar-refractivity contribution in [3.05, 3.63) is 36.8 Å². The minimum absolute atomic E-state index is 0.148. The summed E-state index contributed by atoms with van der Waals surface area (Å²) in [6.07, 6.45) is -4.45. The molecule has 0 amide bonds. The van der Waals surface area contributed by atoms with E-state index in [1.165, 1.54) is 0 Å². The molecule has 15 heavy (non-hydrogen) atoms. The summed E-state index contributed by atoms with van der Waals surface area (Å²) in [6.45, 7) is 3.19. The summed E-state index contributed by atoms with van der Waals surface area (Å²) in [6, 6.07) is 3.34. The van der Waals surface area contributed by atoms with Crippen LogP contribution in [0.3, 0.4) is 0 Å². The molecule has 0 saturated carbocycles. The standard InChI is InChI=1S/C9H8F3O2S/c1-2-15(13,14)8-5-3-7(4-6-8)9(10,11)12/h3-6H,1-2H2. The molecule has 1 rings (SSSR count). The predicted octanol–water partition coefficient (Wildman–Crippen LogP) is 2.31. The van der Waals surface area contributed by atoms with Gasteiger partial charge in [-0.2, -0.15) is 13.2 Å². The lowest BCUT2D eigenvalue weighted by Gasteiger charge is -2.07. The molecule has 2 nitrogen and oxygen atoms in total. The maximum absolute atomic E-state index is 12.1. The van der Waals surface area contributed by atoms with Crippen molar-refractivity contribution in [2.75, 3.05) is 5.75 Å². The third-order valence-corrected chi connectivity index (χ3v) is 3.34. The SMILES string of the molecule is [CH2]CS(=O)(=O)c1ccc(C(F)(F)F)cc1. The monoisotopic (exact) mass is 237 g/mol. The fraction of sp³-hybridized carbons (Fsp3) is 0.222. The quantitative estimate of drug-likeness (QED) is 0.791. The minimum atomic E-state index is -4.45. The Morgan fingerprint density at radius 1 is 1.13 bits per heavy atom. The van der Waals surface area contributed by atoms with Crippen molar-refractivity contribution in [2.24, 2.45) is 0 Å². The Bertz CT molecular complexity index is 431. The normalized spacial score (nSPS) is 12.8. The van der Waals surface area contributed by atoms with Crippen LogP contribution in [-0.4, -0.2) is 14.2 Å². The van der Waals surface area contributed by atoms with Crippen LogP contribution < -0.4 is 0 Å². The second kappa shape index (κ2) is 3.84. The Balaban J connectivity index is 3.12. The molecule has 0 aromatic heterocycles. The van der Waals surface area contributed by atoms with E-state index in [0.29, 0.717) is 0 Å². The van der Waals surface area contributed by atoms with Crippen molar-refractivity contribution in [2.45, 2.75) is 11.1 Å². The smallest absolute Gasteiger partial charge is 0.224 e. The molecule has 1 aromatic rings. The van der Waals surface area contributed by atoms with Gasteiger partial charge in [0.15, 0.2) is 9.84 Å². The van der Waals surface area contributed by atoms with Gasteiger partial charge < -0.3 is 0 Å². The Labute approximate surface area is 85.6 Å². The number of rotatable bonds is 2. The van der Waals surface area contributed by atoms with Gasteiger partial charge in [-0.05, 0) is 31.2 Å². The summed E-state index contributed by atoms with van der Waals surface area (Å²) < 4.78 is 58.8. The maximum atomic E-state index is 12.1. The number of hydrogen-bond donors (Lipinski definition) is 0. The lowest BCUT2D eigenvalue weighted by molar-refractivity contribution is -0.137. The first-order valence-electron chi connectivity index (χ1n) is 3.96. The predicted molar refractivity (Wildman–Crippen MR) is 48.9 cm³/mol. The third-order valence-electron chi connectivity index (χ3n) is 1.81. The highest BCUT2D eigenvalue weighted by Crippen LogP contribution is 2.29. The molecule has 83 valence electrons. The number of benzene rings is 1. The van der Waals surface area contributed by atoms with Crippen LogP contribution in [-0.2, 0) is 16.0 Å². The average Bonchev–Trinajstić information content (AvgIpc) is 2.17. The highest BCUT2D eigenvalue weighted by molar-refractivity contribution is 7.91.